The van der Waals surface area contributed by atoms with Crippen LogP contribution in [-0.4, -0.2) is 25.2 Å². The van der Waals surface area contributed by atoms with Gasteiger partial charge in [0.25, 0.3) is 5.91 Å². The molecule has 0 aromatic carbocycles. The monoisotopic (exact) mass is 213 g/mol. The fourth-order valence-corrected chi connectivity index (χ4v) is 1.79. The van der Waals surface area contributed by atoms with Crippen molar-refractivity contribution in [1.29, 1.82) is 0 Å². The summed E-state index contributed by atoms with van der Waals surface area (Å²) in [4.78, 5) is 12.4. The molecule has 0 aliphatic rings. The van der Waals surface area contributed by atoms with Crippen molar-refractivity contribution < 1.29 is 9.53 Å². The maximum Gasteiger partial charge on any atom is 0.261 e. The highest BCUT2D eigenvalue weighted by molar-refractivity contribution is 7.12. The maximum absolute atomic E-state index is 11.6. The minimum Gasteiger partial charge on any atom is -0.382 e. The normalized spacial score (nSPS) is 11.4. The first-order valence-electron chi connectivity index (χ1n) is 4.40. The van der Waals surface area contributed by atoms with E-state index in [1.165, 1.54) is 11.3 Å². The van der Waals surface area contributed by atoms with E-state index in [0.29, 0.717) is 6.61 Å². The Morgan fingerprint density at radius 2 is 2.36 bits per heavy atom. The summed E-state index contributed by atoms with van der Waals surface area (Å²) in [6.45, 7) is 4.37. The van der Waals surface area contributed by atoms with E-state index in [0.717, 1.165) is 4.88 Å². The molecule has 0 atom stereocenters. The van der Waals surface area contributed by atoms with Crippen molar-refractivity contribution in [3.8, 4) is 0 Å². The van der Waals surface area contributed by atoms with Crippen LogP contribution in [-0.2, 0) is 4.74 Å². The fourth-order valence-electron chi connectivity index (χ4n) is 1.17. The second-order valence-corrected chi connectivity index (χ2v) is 4.70. The van der Waals surface area contributed by atoms with Gasteiger partial charge in [-0.2, -0.15) is 0 Å². The molecular weight excluding hydrogens is 198 g/mol. The number of hydrogen-bond donors (Lipinski definition) is 1. The first kappa shape index (κ1) is 11.2. The van der Waals surface area contributed by atoms with Crippen LogP contribution < -0.4 is 5.32 Å². The van der Waals surface area contributed by atoms with Gasteiger partial charge < -0.3 is 10.1 Å². The molecule has 0 bridgehead atoms. The summed E-state index contributed by atoms with van der Waals surface area (Å²) >= 11 is 1.44. The van der Waals surface area contributed by atoms with Gasteiger partial charge in [-0.15, -0.1) is 11.3 Å². The van der Waals surface area contributed by atoms with E-state index in [9.17, 15) is 4.79 Å². The second-order valence-electron chi connectivity index (χ2n) is 3.75. The summed E-state index contributed by atoms with van der Waals surface area (Å²) in [6, 6.07) is 3.67. The van der Waals surface area contributed by atoms with Crippen LogP contribution in [0.15, 0.2) is 17.5 Å². The number of nitrogens with one attached hydrogen (secondary N) is 1. The van der Waals surface area contributed by atoms with Crippen LogP contribution in [0.5, 0.6) is 0 Å². The van der Waals surface area contributed by atoms with Crippen LogP contribution in [0.1, 0.15) is 23.5 Å². The molecule has 14 heavy (non-hydrogen) atoms. The van der Waals surface area contributed by atoms with Gasteiger partial charge in [0, 0.05) is 7.11 Å². The summed E-state index contributed by atoms with van der Waals surface area (Å²) in [5, 5.41) is 4.79. The van der Waals surface area contributed by atoms with E-state index in [-0.39, 0.29) is 11.4 Å². The highest BCUT2D eigenvalue weighted by Crippen LogP contribution is 2.10. The Morgan fingerprint density at radius 1 is 1.64 bits per heavy atom. The summed E-state index contributed by atoms with van der Waals surface area (Å²) in [6.07, 6.45) is 0. The van der Waals surface area contributed by atoms with Gasteiger partial charge >= 0.3 is 0 Å². The summed E-state index contributed by atoms with van der Waals surface area (Å²) in [5.41, 5.74) is -0.324. The third kappa shape index (κ3) is 3.12. The summed E-state index contributed by atoms with van der Waals surface area (Å²) in [7, 11) is 1.62. The lowest BCUT2D eigenvalue weighted by Crippen LogP contribution is -2.46. The minimum atomic E-state index is -0.324. The summed E-state index contributed by atoms with van der Waals surface area (Å²) in [5.74, 6) is -0.0398. The molecular formula is C10H15NO2S. The quantitative estimate of drug-likeness (QED) is 0.829. The molecule has 0 unspecified atom stereocenters. The van der Waals surface area contributed by atoms with Crippen molar-refractivity contribution in [2.45, 2.75) is 19.4 Å². The number of thiophene rings is 1. The third-order valence-corrected chi connectivity index (χ3v) is 2.57. The van der Waals surface area contributed by atoms with E-state index in [1.807, 2.05) is 31.4 Å². The first-order valence-corrected chi connectivity index (χ1v) is 5.28. The molecule has 78 valence electrons. The Morgan fingerprint density at radius 3 is 2.86 bits per heavy atom. The topological polar surface area (TPSA) is 38.3 Å². The number of carbonyl (C=O) groups is 1. The molecule has 0 aliphatic carbocycles. The smallest absolute Gasteiger partial charge is 0.261 e. The zero-order valence-electron chi connectivity index (χ0n) is 8.66. The van der Waals surface area contributed by atoms with Crippen molar-refractivity contribution >= 4 is 17.2 Å². The first-order chi connectivity index (χ1) is 6.55. The second kappa shape index (κ2) is 4.57. The summed E-state index contributed by atoms with van der Waals surface area (Å²) < 4.78 is 5.01. The molecule has 1 heterocycles. The van der Waals surface area contributed by atoms with Crippen LogP contribution in [0.3, 0.4) is 0 Å². The number of rotatable bonds is 4. The Labute approximate surface area is 88.1 Å². The van der Waals surface area contributed by atoms with Gasteiger partial charge in [0.05, 0.1) is 17.0 Å². The lowest BCUT2D eigenvalue weighted by Gasteiger charge is -2.24. The molecule has 1 rings (SSSR count). The molecule has 0 aliphatic heterocycles. The molecule has 1 aromatic heterocycles. The van der Waals surface area contributed by atoms with Gasteiger partial charge in [0.2, 0.25) is 0 Å². The Kier molecular flexibility index (Phi) is 3.66. The lowest BCUT2D eigenvalue weighted by atomic mass is 10.1. The molecule has 1 amide bonds. The molecule has 1 N–H and O–H groups in total. The Balaban J connectivity index is 2.57. The molecule has 3 nitrogen and oxygen atoms in total. The predicted octanol–water partition coefficient (Wildman–Crippen LogP) is 1.90. The van der Waals surface area contributed by atoms with Gasteiger partial charge in [-0.3, -0.25) is 4.79 Å². The van der Waals surface area contributed by atoms with Gasteiger partial charge in [-0.1, -0.05) is 6.07 Å². The average molecular weight is 213 g/mol. The standard InChI is InChI=1S/C10H15NO2S/c1-10(2,7-13-3)11-9(12)8-5-4-6-14-8/h4-6H,7H2,1-3H3,(H,11,12). The van der Waals surface area contributed by atoms with Crippen molar-refractivity contribution in [2.24, 2.45) is 0 Å². The molecule has 0 saturated heterocycles. The van der Waals surface area contributed by atoms with Crippen LogP contribution in [0.25, 0.3) is 0 Å². The molecule has 1 aromatic rings. The molecule has 0 saturated carbocycles. The maximum atomic E-state index is 11.6. The van der Waals surface area contributed by atoms with E-state index in [2.05, 4.69) is 5.32 Å². The minimum absolute atomic E-state index is 0.0398. The number of methoxy groups -OCH3 is 1. The molecule has 0 spiro atoms. The zero-order chi connectivity index (χ0) is 10.6. The van der Waals surface area contributed by atoms with Gasteiger partial charge in [-0.25, -0.2) is 0 Å². The van der Waals surface area contributed by atoms with Crippen molar-refractivity contribution in [2.75, 3.05) is 13.7 Å². The SMILES string of the molecule is COCC(C)(C)NC(=O)c1cccs1. The number of hydrogen-bond acceptors (Lipinski definition) is 3. The fraction of sp³-hybridized carbons (Fsp3) is 0.500. The van der Waals surface area contributed by atoms with Gasteiger partial charge in [0.15, 0.2) is 0 Å². The predicted molar refractivity (Wildman–Crippen MR) is 57.7 cm³/mol. The Hall–Kier alpha value is -0.870. The van der Waals surface area contributed by atoms with Crippen LogP contribution >= 0.6 is 11.3 Å². The van der Waals surface area contributed by atoms with Crippen LogP contribution in [0.4, 0.5) is 0 Å². The largest absolute Gasteiger partial charge is 0.382 e. The van der Waals surface area contributed by atoms with Crippen LogP contribution in [0, 0.1) is 0 Å². The average Bonchev–Trinajstić information content (AvgIpc) is 2.53. The van der Waals surface area contributed by atoms with E-state index < -0.39 is 0 Å². The number of amides is 1. The highest BCUT2D eigenvalue weighted by Gasteiger charge is 2.21. The molecule has 0 radical (unpaired) electrons. The van der Waals surface area contributed by atoms with Crippen molar-refractivity contribution in [3.63, 3.8) is 0 Å². The van der Waals surface area contributed by atoms with Gasteiger partial charge in [0.1, 0.15) is 0 Å². The number of ether oxygens (including phenoxy) is 1. The highest BCUT2D eigenvalue weighted by atomic mass is 32.1. The van der Waals surface area contributed by atoms with E-state index >= 15 is 0 Å². The van der Waals surface area contributed by atoms with Crippen LogP contribution in [0.2, 0.25) is 0 Å². The lowest BCUT2D eigenvalue weighted by molar-refractivity contribution is 0.0824. The van der Waals surface area contributed by atoms with Gasteiger partial charge in [-0.05, 0) is 25.3 Å². The van der Waals surface area contributed by atoms with E-state index in [4.69, 9.17) is 4.74 Å². The van der Waals surface area contributed by atoms with Crippen molar-refractivity contribution in [1.82, 2.24) is 5.32 Å². The molecule has 4 heteroatoms. The third-order valence-electron chi connectivity index (χ3n) is 1.70. The molecule has 0 fully saturated rings. The van der Waals surface area contributed by atoms with Crippen molar-refractivity contribution in [3.05, 3.63) is 22.4 Å². The van der Waals surface area contributed by atoms with E-state index in [1.54, 1.807) is 7.11 Å². The Bertz CT molecular complexity index is 293. The number of carbonyl (C=O) groups excluding carboxylic acids is 1. The zero-order valence-corrected chi connectivity index (χ0v) is 9.48.